The molecule has 7 heteroatoms. The average Bonchev–Trinajstić information content (AvgIpc) is 2.56. The molecular weight excluding hydrogens is 302 g/mol. The second-order valence-corrected chi connectivity index (χ2v) is 5.43. The molecule has 118 valence electrons. The molecule has 0 atom stereocenters. The number of alkyl halides is 1. The standard InChI is InChI=1S/C15H20ClN5O/c1-2-18-15-13(7-12(9-17)10-19-15)11-20-3-5-21(6-4-20)14(22)8-16/h7,10H,2-6,8,11H2,1H3,(H,18,19). The van der Waals surface area contributed by atoms with Crippen molar-refractivity contribution in [2.24, 2.45) is 0 Å². The number of piperazine rings is 1. The third kappa shape index (κ3) is 4.09. The third-order valence-corrected chi connectivity index (χ3v) is 3.90. The summed E-state index contributed by atoms with van der Waals surface area (Å²) >= 11 is 5.59. The van der Waals surface area contributed by atoms with E-state index in [1.807, 2.05) is 13.0 Å². The summed E-state index contributed by atoms with van der Waals surface area (Å²) in [6, 6.07) is 4.00. The van der Waals surface area contributed by atoms with Gasteiger partial charge in [0.25, 0.3) is 0 Å². The number of nitrogens with zero attached hydrogens (tertiary/aromatic N) is 4. The largest absolute Gasteiger partial charge is 0.370 e. The van der Waals surface area contributed by atoms with Gasteiger partial charge < -0.3 is 10.2 Å². The van der Waals surface area contributed by atoms with E-state index in [2.05, 4.69) is 21.3 Å². The van der Waals surface area contributed by atoms with Gasteiger partial charge in [-0.05, 0) is 13.0 Å². The van der Waals surface area contributed by atoms with E-state index in [1.54, 1.807) is 11.1 Å². The molecule has 0 saturated carbocycles. The van der Waals surface area contributed by atoms with Gasteiger partial charge in [-0.15, -0.1) is 11.6 Å². The maximum Gasteiger partial charge on any atom is 0.237 e. The molecule has 1 amide bonds. The Balaban J connectivity index is 2.02. The first-order valence-electron chi connectivity index (χ1n) is 7.37. The van der Waals surface area contributed by atoms with Crippen LogP contribution >= 0.6 is 11.6 Å². The molecule has 0 unspecified atom stereocenters. The van der Waals surface area contributed by atoms with E-state index >= 15 is 0 Å². The van der Waals surface area contributed by atoms with Gasteiger partial charge in [0.2, 0.25) is 5.91 Å². The molecule has 6 nitrogen and oxygen atoms in total. The van der Waals surface area contributed by atoms with Crippen LogP contribution in [0.5, 0.6) is 0 Å². The van der Waals surface area contributed by atoms with Crippen LogP contribution in [0.1, 0.15) is 18.1 Å². The fraction of sp³-hybridized carbons (Fsp3) is 0.533. The highest BCUT2D eigenvalue weighted by atomic mass is 35.5. The first-order chi connectivity index (χ1) is 10.7. The summed E-state index contributed by atoms with van der Waals surface area (Å²) < 4.78 is 0. The summed E-state index contributed by atoms with van der Waals surface area (Å²) in [4.78, 5) is 19.9. The lowest BCUT2D eigenvalue weighted by molar-refractivity contribution is -0.130. The van der Waals surface area contributed by atoms with Crippen molar-refractivity contribution in [2.75, 3.05) is 43.9 Å². The van der Waals surface area contributed by atoms with Gasteiger partial charge in [0, 0.05) is 51.0 Å². The number of rotatable bonds is 5. The molecule has 1 aromatic heterocycles. The number of carbonyl (C=O) groups is 1. The highest BCUT2D eigenvalue weighted by molar-refractivity contribution is 6.27. The van der Waals surface area contributed by atoms with Gasteiger partial charge in [-0.25, -0.2) is 4.98 Å². The summed E-state index contributed by atoms with van der Waals surface area (Å²) in [7, 11) is 0. The van der Waals surface area contributed by atoms with Crippen LogP contribution in [0.3, 0.4) is 0 Å². The highest BCUT2D eigenvalue weighted by Gasteiger charge is 2.21. The van der Waals surface area contributed by atoms with Crippen molar-refractivity contribution < 1.29 is 4.79 Å². The highest BCUT2D eigenvalue weighted by Crippen LogP contribution is 2.17. The minimum atomic E-state index is -0.0113. The second-order valence-electron chi connectivity index (χ2n) is 5.16. The van der Waals surface area contributed by atoms with Crippen molar-refractivity contribution in [3.63, 3.8) is 0 Å². The summed E-state index contributed by atoms with van der Waals surface area (Å²) in [6.07, 6.45) is 1.58. The van der Waals surface area contributed by atoms with Crippen molar-refractivity contribution in [1.82, 2.24) is 14.8 Å². The summed E-state index contributed by atoms with van der Waals surface area (Å²) in [5, 5.41) is 12.3. The molecule has 1 aliphatic rings. The molecule has 0 aliphatic carbocycles. The topological polar surface area (TPSA) is 72.3 Å². The third-order valence-electron chi connectivity index (χ3n) is 3.67. The molecule has 0 spiro atoms. The molecule has 2 rings (SSSR count). The van der Waals surface area contributed by atoms with Crippen molar-refractivity contribution >= 4 is 23.3 Å². The van der Waals surface area contributed by atoms with E-state index in [-0.39, 0.29) is 11.8 Å². The smallest absolute Gasteiger partial charge is 0.237 e. The normalized spacial score (nSPS) is 15.4. The van der Waals surface area contributed by atoms with Gasteiger partial charge in [-0.1, -0.05) is 0 Å². The van der Waals surface area contributed by atoms with E-state index in [1.165, 1.54) is 0 Å². The minimum absolute atomic E-state index is 0.0113. The predicted octanol–water partition coefficient (Wildman–Crippen LogP) is 1.27. The van der Waals surface area contributed by atoms with Gasteiger partial charge in [0.15, 0.2) is 0 Å². The molecule has 1 aromatic rings. The van der Waals surface area contributed by atoms with Crippen molar-refractivity contribution in [1.29, 1.82) is 5.26 Å². The zero-order valence-corrected chi connectivity index (χ0v) is 13.4. The van der Waals surface area contributed by atoms with E-state index in [0.717, 1.165) is 31.0 Å². The number of hydrogen-bond donors (Lipinski definition) is 1. The Morgan fingerprint density at radius 3 is 2.77 bits per heavy atom. The fourth-order valence-corrected chi connectivity index (χ4v) is 2.67. The predicted molar refractivity (Wildman–Crippen MR) is 85.7 cm³/mol. The molecule has 0 aromatic carbocycles. The maximum absolute atomic E-state index is 11.6. The summed E-state index contributed by atoms with van der Waals surface area (Å²) in [5.41, 5.74) is 1.57. The molecule has 0 bridgehead atoms. The Hall–Kier alpha value is -1.84. The van der Waals surface area contributed by atoms with Crippen LogP contribution in [0.2, 0.25) is 0 Å². The number of hydrogen-bond acceptors (Lipinski definition) is 5. The van der Waals surface area contributed by atoms with Crippen LogP contribution in [0, 0.1) is 11.3 Å². The maximum atomic E-state index is 11.6. The number of pyridine rings is 1. The Morgan fingerprint density at radius 2 is 2.18 bits per heavy atom. The van der Waals surface area contributed by atoms with Gasteiger partial charge in [0.05, 0.1) is 5.56 Å². The van der Waals surface area contributed by atoms with E-state index in [9.17, 15) is 4.79 Å². The quantitative estimate of drug-likeness (QED) is 0.827. The van der Waals surface area contributed by atoms with Gasteiger partial charge in [0.1, 0.15) is 17.8 Å². The van der Waals surface area contributed by atoms with Gasteiger partial charge in [-0.2, -0.15) is 5.26 Å². The Kier molecular flexibility index (Phi) is 5.99. The monoisotopic (exact) mass is 321 g/mol. The number of anilines is 1. The van der Waals surface area contributed by atoms with Crippen LogP contribution < -0.4 is 5.32 Å². The van der Waals surface area contributed by atoms with Crippen molar-refractivity contribution in [3.8, 4) is 6.07 Å². The molecule has 2 heterocycles. The van der Waals surface area contributed by atoms with Crippen LogP contribution in [0.25, 0.3) is 0 Å². The van der Waals surface area contributed by atoms with Crippen LogP contribution in [-0.2, 0) is 11.3 Å². The molecule has 22 heavy (non-hydrogen) atoms. The van der Waals surface area contributed by atoms with E-state index < -0.39 is 0 Å². The lowest BCUT2D eigenvalue weighted by atomic mass is 10.1. The first kappa shape index (κ1) is 16.5. The number of halogens is 1. The molecular formula is C15H20ClN5O. The van der Waals surface area contributed by atoms with Crippen LogP contribution in [0.4, 0.5) is 5.82 Å². The van der Waals surface area contributed by atoms with Crippen LogP contribution in [0.15, 0.2) is 12.3 Å². The molecule has 1 fully saturated rings. The van der Waals surface area contributed by atoms with E-state index in [4.69, 9.17) is 16.9 Å². The zero-order chi connectivity index (χ0) is 15.9. The number of amides is 1. The fourth-order valence-electron chi connectivity index (χ4n) is 2.50. The first-order valence-corrected chi connectivity index (χ1v) is 7.90. The Morgan fingerprint density at radius 1 is 1.45 bits per heavy atom. The van der Waals surface area contributed by atoms with E-state index in [0.29, 0.717) is 25.2 Å². The molecule has 0 radical (unpaired) electrons. The summed E-state index contributed by atoms with van der Waals surface area (Å²) in [6.45, 7) is 6.48. The van der Waals surface area contributed by atoms with Gasteiger partial charge in [-0.3, -0.25) is 9.69 Å². The Labute approximate surface area is 135 Å². The Bertz CT molecular complexity index is 564. The minimum Gasteiger partial charge on any atom is -0.370 e. The number of nitriles is 1. The number of carbonyl (C=O) groups excluding carboxylic acids is 1. The van der Waals surface area contributed by atoms with Gasteiger partial charge >= 0.3 is 0 Å². The zero-order valence-electron chi connectivity index (χ0n) is 12.7. The lowest BCUT2D eigenvalue weighted by Gasteiger charge is -2.34. The van der Waals surface area contributed by atoms with Crippen molar-refractivity contribution in [2.45, 2.75) is 13.5 Å². The molecule has 1 N–H and O–H groups in total. The number of aromatic nitrogens is 1. The molecule has 1 saturated heterocycles. The second kappa shape index (κ2) is 7.97. The van der Waals surface area contributed by atoms with Crippen molar-refractivity contribution in [3.05, 3.63) is 23.4 Å². The average molecular weight is 322 g/mol. The SMILES string of the molecule is CCNc1ncc(C#N)cc1CN1CCN(C(=O)CCl)CC1. The lowest BCUT2D eigenvalue weighted by Crippen LogP contribution is -2.48. The number of nitrogens with one attached hydrogen (secondary N) is 1. The summed E-state index contributed by atoms with van der Waals surface area (Å²) in [5.74, 6) is 0.849. The molecule has 1 aliphatic heterocycles. The van der Waals surface area contributed by atoms with Crippen LogP contribution in [-0.4, -0.2) is 59.3 Å².